The van der Waals surface area contributed by atoms with E-state index < -0.39 is 27.1 Å². The molecule has 44 heavy (non-hydrogen) atoms. The number of nitro groups is 2. The zero-order chi connectivity index (χ0) is 32.3. The second kappa shape index (κ2) is 11.3. The Bertz CT molecular complexity index is 1620. The van der Waals surface area contributed by atoms with Crippen LogP contribution in [-0.4, -0.2) is 32.9 Å². The van der Waals surface area contributed by atoms with Gasteiger partial charge >= 0.3 is 5.69 Å². The molecule has 0 N–H and O–H groups in total. The third-order valence-electron chi connectivity index (χ3n) is 8.39. The monoisotopic (exact) mass is 641 g/mol. The molecule has 0 bridgehead atoms. The van der Waals surface area contributed by atoms with Gasteiger partial charge in [0.25, 0.3) is 5.69 Å². The lowest BCUT2D eigenvalue weighted by molar-refractivity contribution is -0.394. The molecule has 1 aliphatic heterocycles. The van der Waals surface area contributed by atoms with Crippen LogP contribution in [0.2, 0.25) is 10.0 Å². The average molecular weight is 643 g/mol. The van der Waals surface area contributed by atoms with Crippen molar-refractivity contribution >= 4 is 46.1 Å². The van der Waals surface area contributed by atoms with E-state index >= 15 is 0 Å². The van der Waals surface area contributed by atoms with E-state index in [0.717, 1.165) is 36.0 Å². The first kappa shape index (κ1) is 31.7. The van der Waals surface area contributed by atoms with Gasteiger partial charge < -0.3 is 9.64 Å². The number of non-ortho nitro benzene ring substituents is 1. The van der Waals surface area contributed by atoms with Crippen molar-refractivity contribution < 1.29 is 24.2 Å². The maximum Gasteiger partial charge on any atom is 0.318 e. The molecule has 0 saturated carbocycles. The first-order chi connectivity index (χ1) is 20.5. The fraction of sp³-hybridized carbons (Fsp3) is 0.438. The number of allylic oxidation sites excluding steroid dienone is 4. The molecule has 1 heterocycles. The van der Waals surface area contributed by atoms with Crippen LogP contribution in [0.3, 0.4) is 0 Å². The van der Waals surface area contributed by atoms with Crippen LogP contribution in [0.1, 0.15) is 78.2 Å². The molecule has 2 aromatic carbocycles. The molecule has 10 nitrogen and oxygen atoms in total. The predicted octanol–water partition coefficient (Wildman–Crippen LogP) is 8.70. The number of rotatable bonds is 7. The molecule has 2 aliphatic carbocycles. The number of nitrogens with zero attached hydrogens (tertiary/aromatic N) is 3. The number of ketones is 2. The Hall–Kier alpha value is -3.76. The second-order valence-corrected chi connectivity index (χ2v) is 14.1. The van der Waals surface area contributed by atoms with Gasteiger partial charge in [-0.05, 0) is 53.9 Å². The Morgan fingerprint density at radius 1 is 0.864 bits per heavy atom. The quantitative estimate of drug-likeness (QED) is 0.216. The van der Waals surface area contributed by atoms with Crippen LogP contribution >= 0.6 is 23.2 Å². The van der Waals surface area contributed by atoms with Crippen LogP contribution in [0.15, 0.2) is 52.9 Å². The van der Waals surface area contributed by atoms with Crippen LogP contribution in [0.25, 0.3) is 0 Å². The summed E-state index contributed by atoms with van der Waals surface area (Å²) < 4.78 is 5.77. The molecule has 0 atom stereocenters. The molecule has 3 aliphatic rings. The van der Waals surface area contributed by atoms with E-state index in [1.54, 1.807) is 12.1 Å². The topological polar surface area (TPSA) is 133 Å². The average Bonchev–Trinajstić information content (AvgIpc) is 2.90. The van der Waals surface area contributed by atoms with E-state index in [2.05, 4.69) is 39.5 Å². The molecule has 0 radical (unpaired) electrons. The minimum absolute atomic E-state index is 0.00705. The Kier molecular flexibility index (Phi) is 8.13. The van der Waals surface area contributed by atoms with Gasteiger partial charge in [-0.25, -0.2) is 0 Å². The SMILES string of the molecule is CCCN1C2=C(C(=O)CC(C)(C)C2)C(c2cc(Cl)c(Oc3ccc([N+](=O)[O-])cc3[N+](=O)[O-])c(Cl)c2)C2=C1CC(C)(C)CC2=O. The lowest BCUT2D eigenvalue weighted by Gasteiger charge is -2.49. The molecule has 12 heteroatoms. The summed E-state index contributed by atoms with van der Waals surface area (Å²) in [5, 5.41) is 22.8. The predicted molar refractivity (Wildman–Crippen MR) is 166 cm³/mol. The highest BCUT2D eigenvalue weighted by atomic mass is 35.5. The molecular weight excluding hydrogens is 609 g/mol. The van der Waals surface area contributed by atoms with Crippen molar-refractivity contribution in [2.45, 2.75) is 72.6 Å². The van der Waals surface area contributed by atoms with Crippen molar-refractivity contribution in [3.8, 4) is 11.5 Å². The van der Waals surface area contributed by atoms with Gasteiger partial charge in [0.15, 0.2) is 17.3 Å². The Labute approximate surface area is 264 Å². The first-order valence-electron chi connectivity index (χ1n) is 14.4. The summed E-state index contributed by atoms with van der Waals surface area (Å²) in [6, 6.07) is 6.14. The van der Waals surface area contributed by atoms with Gasteiger partial charge in [0, 0.05) is 53.9 Å². The van der Waals surface area contributed by atoms with Crippen LogP contribution < -0.4 is 4.74 Å². The summed E-state index contributed by atoms with van der Waals surface area (Å²) in [6.07, 6.45) is 2.83. The van der Waals surface area contributed by atoms with Crippen molar-refractivity contribution in [2.24, 2.45) is 10.8 Å². The number of hydrogen-bond donors (Lipinski definition) is 0. The first-order valence-corrected chi connectivity index (χ1v) is 15.2. The third-order valence-corrected chi connectivity index (χ3v) is 8.95. The van der Waals surface area contributed by atoms with Crippen molar-refractivity contribution in [2.75, 3.05) is 6.54 Å². The summed E-state index contributed by atoms with van der Waals surface area (Å²) in [7, 11) is 0. The zero-order valence-electron chi connectivity index (χ0n) is 25.2. The molecular formula is C32H33Cl2N3O7. The minimum atomic E-state index is -0.795. The van der Waals surface area contributed by atoms with Crippen molar-refractivity contribution in [3.05, 3.63) is 88.7 Å². The van der Waals surface area contributed by atoms with E-state index in [9.17, 15) is 29.8 Å². The van der Waals surface area contributed by atoms with E-state index in [1.165, 1.54) is 0 Å². The van der Waals surface area contributed by atoms with Crippen LogP contribution in [0.4, 0.5) is 11.4 Å². The zero-order valence-corrected chi connectivity index (χ0v) is 26.7. The molecule has 232 valence electrons. The fourth-order valence-electron chi connectivity index (χ4n) is 6.68. The van der Waals surface area contributed by atoms with Gasteiger partial charge in [-0.1, -0.05) is 57.8 Å². The lowest BCUT2D eigenvalue weighted by Crippen LogP contribution is -2.44. The molecule has 0 spiro atoms. The lowest BCUT2D eigenvalue weighted by atomic mass is 9.63. The van der Waals surface area contributed by atoms with Crippen LogP contribution in [-0.2, 0) is 9.59 Å². The molecule has 0 unspecified atom stereocenters. The number of carbonyl (C=O) groups is 2. The van der Waals surface area contributed by atoms with E-state index in [1.807, 2.05) is 0 Å². The normalized spacial score (nSPS) is 19.6. The fourth-order valence-corrected chi connectivity index (χ4v) is 7.26. The van der Waals surface area contributed by atoms with Gasteiger partial charge in [-0.3, -0.25) is 29.8 Å². The molecule has 2 aromatic rings. The summed E-state index contributed by atoms with van der Waals surface area (Å²) in [4.78, 5) is 51.3. The highest BCUT2D eigenvalue weighted by Gasteiger charge is 2.49. The maximum atomic E-state index is 13.9. The summed E-state index contributed by atoms with van der Waals surface area (Å²) in [5.41, 5.74) is 1.94. The molecule has 0 saturated heterocycles. The second-order valence-electron chi connectivity index (χ2n) is 13.3. The number of benzene rings is 2. The van der Waals surface area contributed by atoms with Gasteiger partial charge in [0.2, 0.25) is 5.75 Å². The smallest absolute Gasteiger partial charge is 0.318 e. The number of carbonyl (C=O) groups excluding carboxylic acids is 2. The number of halogens is 2. The van der Waals surface area contributed by atoms with Crippen LogP contribution in [0.5, 0.6) is 11.5 Å². The van der Waals surface area contributed by atoms with Crippen molar-refractivity contribution in [1.29, 1.82) is 0 Å². The molecule has 5 rings (SSSR count). The molecule has 0 aromatic heterocycles. The Balaban J connectivity index is 1.67. The highest BCUT2D eigenvalue weighted by molar-refractivity contribution is 6.37. The molecule has 0 fully saturated rings. The maximum absolute atomic E-state index is 13.9. The number of Topliss-reactive ketones (excluding diaryl/α,β-unsaturated/α-hetero) is 2. The minimum Gasteiger partial charge on any atom is -0.447 e. The Morgan fingerprint density at radius 2 is 1.39 bits per heavy atom. The Morgan fingerprint density at radius 3 is 1.84 bits per heavy atom. The number of nitro benzene ring substituents is 2. The van der Waals surface area contributed by atoms with E-state index in [-0.39, 0.29) is 43.9 Å². The number of hydrogen-bond acceptors (Lipinski definition) is 8. The van der Waals surface area contributed by atoms with Gasteiger partial charge in [0.1, 0.15) is 0 Å². The highest BCUT2D eigenvalue weighted by Crippen LogP contribution is 2.55. The molecule has 0 amide bonds. The third kappa shape index (κ3) is 5.73. The van der Waals surface area contributed by atoms with Crippen molar-refractivity contribution in [3.63, 3.8) is 0 Å². The van der Waals surface area contributed by atoms with E-state index in [0.29, 0.717) is 48.9 Å². The van der Waals surface area contributed by atoms with Gasteiger partial charge in [0.05, 0.1) is 26.0 Å². The van der Waals surface area contributed by atoms with Gasteiger partial charge in [-0.2, -0.15) is 0 Å². The van der Waals surface area contributed by atoms with Crippen molar-refractivity contribution in [1.82, 2.24) is 4.90 Å². The summed E-state index contributed by atoms with van der Waals surface area (Å²) >= 11 is 13.4. The summed E-state index contributed by atoms with van der Waals surface area (Å²) in [6.45, 7) is 11.1. The largest absolute Gasteiger partial charge is 0.447 e. The van der Waals surface area contributed by atoms with Gasteiger partial charge in [-0.15, -0.1) is 0 Å². The van der Waals surface area contributed by atoms with E-state index in [4.69, 9.17) is 27.9 Å². The van der Waals surface area contributed by atoms with Crippen LogP contribution in [0, 0.1) is 31.1 Å². The summed E-state index contributed by atoms with van der Waals surface area (Å²) in [5.74, 6) is -1.11. The standard InChI is InChI=1S/C32H33Cl2N3O7/c1-6-9-35-22-13-31(2,3)15-24(38)28(22)27(29-23(35)14-32(4,5)16-25(29)39)17-10-19(33)30(20(34)11-17)44-26-8-7-18(36(40)41)12-21(26)37(42)43/h7-8,10-12,27H,6,9,13-16H2,1-5H3. The number of ether oxygens (including phenoxy) is 1.